The van der Waals surface area contributed by atoms with Crippen molar-refractivity contribution in [3.63, 3.8) is 0 Å². The molecule has 0 aromatic carbocycles. The summed E-state index contributed by atoms with van der Waals surface area (Å²) in [5, 5.41) is 9.40. The molecule has 4 heteroatoms. The molecular formula is C10H13NO3. The van der Waals surface area contributed by atoms with Gasteiger partial charge in [-0.2, -0.15) is 0 Å². The van der Waals surface area contributed by atoms with Gasteiger partial charge in [-0.1, -0.05) is 0 Å². The van der Waals surface area contributed by atoms with Crippen LogP contribution in [0.4, 0.5) is 0 Å². The largest absolute Gasteiger partial charge is 0.467 e. The molecule has 1 saturated heterocycles. The molecule has 0 aliphatic carbocycles. The average Bonchev–Trinajstić information content (AvgIpc) is 2.64. The standard InChI is InChI=1S/C10H13NO3/c12-8-3-4-10(13)11(6-8)7-9-2-1-5-14-9/h1-2,5,8,12H,3-4,6-7H2. The summed E-state index contributed by atoms with van der Waals surface area (Å²) < 4.78 is 5.14. The monoisotopic (exact) mass is 195 g/mol. The van der Waals surface area contributed by atoms with Gasteiger partial charge in [-0.15, -0.1) is 0 Å². The van der Waals surface area contributed by atoms with Crippen molar-refractivity contribution in [3.8, 4) is 0 Å². The molecule has 1 unspecified atom stereocenters. The zero-order chi connectivity index (χ0) is 9.97. The van der Waals surface area contributed by atoms with Crippen molar-refractivity contribution in [2.24, 2.45) is 0 Å². The molecule has 1 aromatic rings. The summed E-state index contributed by atoms with van der Waals surface area (Å²) in [7, 11) is 0. The maximum Gasteiger partial charge on any atom is 0.223 e. The fourth-order valence-electron chi connectivity index (χ4n) is 1.64. The fraction of sp³-hybridized carbons (Fsp3) is 0.500. The molecule has 4 nitrogen and oxygen atoms in total. The van der Waals surface area contributed by atoms with E-state index in [9.17, 15) is 9.90 Å². The second kappa shape index (κ2) is 3.84. The van der Waals surface area contributed by atoms with Crippen molar-refractivity contribution < 1.29 is 14.3 Å². The van der Waals surface area contributed by atoms with E-state index in [0.29, 0.717) is 25.9 Å². The first-order valence-corrected chi connectivity index (χ1v) is 4.74. The topological polar surface area (TPSA) is 53.7 Å². The Hall–Kier alpha value is -1.29. The summed E-state index contributed by atoms with van der Waals surface area (Å²) in [6.07, 6.45) is 2.21. The van der Waals surface area contributed by atoms with Crippen molar-refractivity contribution in [2.75, 3.05) is 6.54 Å². The van der Waals surface area contributed by atoms with Crippen LogP contribution in [0, 0.1) is 0 Å². The van der Waals surface area contributed by atoms with Gasteiger partial charge in [0.2, 0.25) is 5.91 Å². The molecule has 1 amide bonds. The van der Waals surface area contributed by atoms with Gasteiger partial charge >= 0.3 is 0 Å². The smallest absolute Gasteiger partial charge is 0.223 e. The van der Waals surface area contributed by atoms with Crippen LogP contribution in [0.2, 0.25) is 0 Å². The van der Waals surface area contributed by atoms with Gasteiger partial charge in [0.15, 0.2) is 0 Å². The molecule has 2 rings (SSSR count). The number of nitrogens with zero attached hydrogens (tertiary/aromatic N) is 1. The summed E-state index contributed by atoms with van der Waals surface area (Å²) in [4.78, 5) is 13.1. The average molecular weight is 195 g/mol. The predicted molar refractivity (Wildman–Crippen MR) is 49.4 cm³/mol. The van der Waals surface area contributed by atoms with Crippen LogP contribution in [0.1, 0.15) is 18.6 Å². The number of aliphatic hydroxyl groups is 1. The molecule has 0 bridgehead atoms. The van der Waals surface area contributed by atoms with E-state index < -0.39 is 0 Å². The van der Waals surface area contributed by atoms with Crippen molar-refractivity contribution in [3.05, 3.63) is 24.2 Å². The SMILES string of the molecule is O=C1CCC(O)CN1Cc1ccco1. The number of carbonyl (C=O) groups is 1. The van der Waals surface area contributed by atoms with Gasteiger partial charge in [0.05, 0.1) is 18.9 Å². The summed E-state index contributed by atoms with van der Waals surface area (Å²) in [6.45, 7) is 0.877. The van der Waals surface area contributed by atoms with Gasteiger partial charge in [-0.3, -0.25) is 4.79 Å². The number of β-amino-alcohol motifs (C(OH)–C–C–N with tert-alkyl or cyclic N) is 1. The molecule has 0 radical (unpaired) electrons. The third-order valence-electron chi connectivity index (χ3n) is 2.40. The van der Waals surface area contributed by atoms with Crippen LogP contribution < -0.4 is 0 Å². The number of piperidine rings is 1. The Balaban J connectivity index is 1.99. The Morgan fingerprint density at radius 1 is 1.64 bits per heavy atom. The Morgan fingerprint density at radius 3 is 3.21 bits per heavy atom. The van der Waals surface area contributed by atoms with Gasteiger partial charge in [0, 0.05) is 13.0 Å². The lowest BCUT2D eigenvalue weighted by Gasteiger charge is -2.29. The molecule has 2 heterocycles. The van der Waals surface area contributed by atoms with Crippen molar-refractivity contribution in [2.45, 2.75) is 25.5 Å². The highest BCUT2D eigenvalue weighted by molar-refractivity contribution is 5.76. The minimum atomic E-state index is -0.386. The maximum absolute atomic E-state index is 11.4. The van der Waals surface area contributed by atoms with Gasteiger partial charge in [0.25, 0.3) is 0 Å². The first-order valence-electron chi connectivity index (χ1n) is 4.74. The molecule has 0 spiro atoms. The lowest BCUT2D eigenvalue weighted by atomic mass is 10.1. The van der Waals surface area contributed by atoms with E-state index in [1.807, 2.05) is 6.07 Å². The molecule has 1 N–H and O–H groups in total. The lowest BCUT2D eigenvalue weighted by Crippen LogP contribution is -2.41. The molecule has 14 heavy (non-hydrogen) atoms. The van der Waals surface area contributed by atoms with Crippen LogP contribution >= 0.6 is 0 Å². The van der Waals surface area contributed by atoms with Crippen LogP contribution in [0.3, 0.4) is 0 Å². The Morgan fingerprint density at radius 2 is 2.50 bits per heavy atom. The highest BCUT2D eigenvalue weighted by Crippen LogP contribution is 2.14. The number of rotatable bonds is 2. The number of likely N-dealkylation sites (tertiary alicyclic amines) is 1. The van der Waals surface area contributed by atoms with E-state index in [1.165, 1.54) is 0 Å². The van der Waals surface area contributed by atoms with Gasteiger partial charge in [0.1, 0.15) is 5.76 Å². The minimum absolute atomic E-state index is 0.0895. The number of amides is 1. The lowest BCUT2D eigenvalue weighted by molar-refractivity contribution is -0.137. The first kappa shape index (κ1) is 9.27. The van der Waals surface area contributed by atoms with Crippen molar-refractivity contribution in [1.82, 2.24) is 4.90 Å². The van der Waals surface area contributed by atoms with Crippen LogP contribution in [-0.4, -0.2) is 28.6 Å². The maximum atomic E-state index is 11.4. The van der Waals surface area contributed by atoms with E-state index in [0.717, 1.165) is 5.76 Å². The summed E-state index contributed by atoms with van der Waals surface area (Å²) >= 11 is 0. The molecule has 76 valence electrons. The molecule has 1 aliphatic rings. The Kier molecular flexibility index (Phi) is 2.54. The third-order valence-corrected chi connectivity index (χ3v) is 2.40. The molecule has 0 saturated carbocycles. The minimum Gasteiger partial charge on any atom is -0.467 e. The van der Waals surface area contributed by atoms with Crippen LogP contribution in [-0.2, 0) is 11.3 Å². The zero-order valence-electron chi connectivity index (χ0n) is 7.85. The molecular weight excluding hydrogens is 182 g/mol. The number of furan rings is 1. The third kappa shape index (κ3) is 1.96. The molecule has 1 aromatic heterocycles. The van der Waals surface area contributed by atoms with E-state index in [2.05, 4.69) is 0 Å². The first-order chi connectivity index (χ1) is 6.75. The normalized spacial score (nSPS) is 22.8. The second-order valence-electron chi connectivity index (χ2n) is 3.55. The predicted octanol–water partition coefficient (Wildman–Crippen LogP) is 0.763. The quantitative estimate of drug-likeness (QED) is 0.758. The summed E-state index contributed by atoms with van der Waals surface area (Å²) in [5.74, 6) is 0.846. The fourth-order valence-corrected chi connectivity index (χ4v) is 1.64. The highest BCUT2D eigenvalue weighted by Gasteiger charge is 2.24. The number of carbonyl (C=O) groups excluding carboxylic acids is 1. The van der Waals surface area contributed by atoms with Gasteiger partial charge in [-0.05, 0) is 18.6 Å². The second-order valence-corrected chi connectivity index (χ2v) is 3.55. The van der Waals surface area contributed by atoms with Gasteiger partial charge < -0.3 is 14.4 Å². The molecule has 1 atom stereocenters. The zero-order valence-corrected chi connectivity index (χ0v) is 7.85. The molecule has 1 fully saturated rings. The van der Waals surface area contributed by atoms with Crippen molar-refractivity contribution >= 4 is 5.91 Å². The van der Waals surface area contributed by atoms with E-state index in [4.69, 9.17) is 4.42 Å². The van der Waals surface area contributed by atoms with Crippen molar-refractivity contribution in [1.29, 1.82) is 0 Å². The van der Waals surface area contributed by atoms with E-state index in [-0.39, 0.29) is 12.0 Å². The Bertz CT molecular complexity index is 307. The Labute approximate surface area is 82.1 Å². The van der Waals surface area contributed by atoms with Gasteiger partial charge in [-0.25, -0.2) is 0 Å². The van der Waals surface area contributed by atoms with Crippen LogP contribution in [0.15, 0.2) is 22.8 Å². The number of aliphatic hydroxyl groups excluding tert-OH is 1. The van der Waals surface area contributed by atoms with Crippen LogP contribution in [0.5, 0.6) is 0 Å². The van der Waals surface area contributed by atoms with E-state index in [1.54, 1.807) is 17.2 Å². The number of hydrogen-bond acceptors (Lipinski definition) is 3. The van der Waals surface area contributed by atoms with E-state index >= 15 is 0 Å². The summed E-state index contributed by atoms with van der Waals surface area (Å²) in [6, 6.07) is 3.62. The molecule has 1 aliphatic heterocycles. The van der Waals surface area contributed by atoms with Crippen LogP contribution in [0.25, 0.3) is 0 Å². The number of hydrogen-bond donors (Lipinski definition) is 1. The summed E-state index contributed by atoms with van der Waals surface area (Å²) in [5.41, 5.74) is 0. The highest BCUT2D eigenvalue weighted by atomic mass is 16.3.